The third-order valence-corrected chi connectivity index (χ3v) is 4.32. The van der Waals surface area contributed by atoms with E-state index in [1.54, 1.807) is 0 Å². The Labute approximate surface area is 142 Å². The van der Waals surface area contributed by atoms with Crippen LogP contribution in [0.5, 0.6) is 0 Å². The predicted molar refractivity (Wildman–Crippen MR) is 96.3 cm³/mol. The molecule has 0 radical (unpaired) electrons. The predicted octanol–water partition coefficient (Wildman–Crippen LogP) is 5.24. The fraction of sp³-hybridized carbons (Fsp3) is 0.353. The topological polar surface area (TPSA) is 20.3 Å². The number of hydrogen-bond donors (Lipinski definition) is 0. The molecule has 0 heterocycles. The van der Waals surface area contributed by atoms with Crippen LogP contribution in [0.15, 0.2) is 40.9 Å². The first-order chi connectivity index (χ1) is 10.2. The smallest absolute Gasteiger partial charge is 0.253 e. The maximum atomic E-state index is 12.6. The summed E-state index contributed by atoms with van der Waals surface area (Å²) in [7, 11) is 0. The Morgan fingerprint density at radius 2 is 1.81 bits per heavy atom. The van der Waals surface area contributed by atoms with Gasteiger partial charge in [0.05, 0.1) is 0 Å². The second-order valence-corrected chi connectivity index (χ2v) is 6.75. The lowest BCUT2D eigenvalue weighted by Crippen LogP contribution is -2.33. The molecule has 0 bridgehead atoms. The number of carbonyl (C=O) groups excluding carboxylic acids is 1. The third-order valence-electron chi connectivity index (χ3n) is 3.47. The summed E-state index contributed by atoms with van der Waals surface area (Å²) in [6.45, 7) is 3.71. The molecule has 0 saturated carbocycles. The lowest BCUT2D eigenvalue weighted by atomic mass is 10.1. The number of amides is 1. The summed E-state index contributed by atoms with van der Waals surface area (Å²) >= 11 is 6.90. The second-order valence-electron chi connectivity index (χ2n) is 5.04. The van der Waals surface area contributed by atoms with E-state index in [2.05, 4.69) is 44.8 Å². The van der Waals surface area contributed by atoms with Gasteiger partial charge in [0, 0.05) is 28.5 Å². The van der Waals surface area contributed by atoms with Crippen molar-refractivity contribution in [2.75, 3.05) is 18.4 Å². The van der Waals surface area contributed by atoms with Crippen molar-refractivity contribution in [3.05, 3.63) is 46.4 Å². The van der Waals surface area contributed by atoms with Crippen molar-refractivity contribution in [2.45, 2.75) is 19.8 Å². The van der Waals surface area contributed by atoms with Gasteiger partial charge in [-0.15, -0.1) is 0 Å². The monoisotopic (exact) mass is 411 g/mol. The summed E-state index contributed by atoms with van der Waals surface area (Å²) < 4.78 is 1.05. The molecule has 2 rings (SSSR count). The molecule has 0 atom stereocenters. The lowest BCUT2D eigenvalue weighted by Gasteiger charge is -2.21. The minimum atomic E-state index is 0.118. The van der Waals surface area contributed by atoms with Gasteiger partial charge in [-0.3, -0.25) is 4.79 Å². The van der Waals surface area contributed by atoms with E-state index in [-0.39, 0.29) is 5.91 Å². The Kier molecular flexibility index (Phi) is 6.24. The van der Waals surface area contributed by atoms with Crippen LogP contribution in [0.1, 0.15) is 30.1 Å². The Morgan fingerprint density at radius 1 is 1.10 bits per heavy atom. The van der Waals surface area contributed by atoms with E-state index in [0.717, 1.165) is 52.1 Å². The highest BCUT2D eigenvalue weighted by Crippen LogP contribution is 2.21. The molecule has 0 aliphatic heterocycles. The highest BCUT2D eigenvalue weighted by atomic mass is 79.9. The van der Waals surface area contributed by atoms with Gasteiger partial charge in [0.25, 0.3) is 5.91 Å². The highest BCUT2D eigenvalue weighted by molar-refractivity contribution is 9.10. The van der Waals surface area contributed by atoms with Gasteiger partial charge in [-0.1, -0.05) is 57.3 Å². The van der Waals surface area contributed by atoms with Crippen LogP contribution in [-0.4, -0.2) is 29.2 Å². The summed E-state index contributed by atoms with van der Waals surface area (Å²) in [4.78, 5) is 14.6. The lowest BCUT2D eigenvalue weighted by molar-refractivity contribution is 0.0764. The molecule has 0 unspecified atom stereocenters. The summed E-state index contributed by atoms with van der Waals surface area (Å²) in [5.74, 6) is 0.118. The molecule has 2 aromatic rings. The second kappa shape index (κ2) is 7.95. The van der Waals surface area contributed by atoms with Gasteiger partial charge in [0.2, 0.25) is 0 Å². The van der Waals surface area contributed by atoms with Gasteiger partial charge in [-0.25, -0.2) is 0 Å². The van der Waals surface area contributed by atoms with E-state index in [4.69, 9.17) is 0 Å². The number of alkyl halides is 1. The average Bonchev–Trinajstić information content (AvgIpc) is 2.50. The molecular weight excluding hydrogens is 394 g/mol. The Hall–Kier alpha value is -0.870. The summed E-state index contributed by atoms with van der Waals surface area (Å²) in [6.07, 6.45) is 2.14. The van der Waals surface area contributed by atoms with Crippen molar-refractivity contribution in [3.8, 4) is 0 Å². The summed E-state index contributed by atoms with van der Waals surface area (Å²) in [5.41, 5.74) is 0.766. The van der Waals surface area contributed by atoms with Gasteiger partial charge in [-0.05, 0) is 41.5 Å². The van der Waals surface area contributed by atoms with Gasteiger partial charge in [0.15, 0.2) is 0 Å². The van der Waals surface area contributed by atoms with E-state index in [1.807, 2.05) is 35.2 Å². The summed E-state index contributed by atoms with van der Waals surface area (Å²) in [5, 5.41) is 3.04. The van der Waals surface area contributed by atoms with E-state index < -0.39 is 0 Å². The van der Waals surface area contributed by atoms with Crippen LogP contribution < -0.4 is 0 Å². The van der Waals surface area contributed by atoms with E-state index in [1.165, 1.54) is 0 Å². The molecular formula is C17H19Br2NO. The molecule has 0 aliphatic carbocycles. The van der Waals surface area contributed by atoms with Crippen molar-refractivity contribution in [1.29, 1.82) is 0 Å². The molecule has 112 valence electrons. The maximum absolute atomic E-state index is 12.6. The molecule has 0 N–H and O–H groups in total. The Morgan fingerprint density at radius 3 is 2.52 bits per heavy atom. The zero-order chi connectivity index (χ0) is 15.2. The van der Waals surface area contributed by atoms with Crippen LogP contribution in [0.25, 0.3) is 10.8 Å². The van der Waals surface area contributed by atoms with Crippen LogP contribution in [0.2, 0.25) is 0 Å². The molecule has 2 aromatic carbocycles. The van der Waals surface area contributed by atoms with Crippen LogP contribution in [-0.2, 0) is 0 Å². The van der Waals surface area contributed by atoms with Gasteiger partial charge >= 0.3 is 0 Å². The van der Waals surface area contributed by atoms with Crippen molar-refractivity contribution in [1.82, 2.24) is 4.90 Å². The fourth-order valence-electron chi connectivity index (χ4n) is 2.30. The van der Waals surface area contributed by atoms with E-state index >= 15 is 0 Å². The summed E-state index contributed by atoms with van der Waals surface area (Å²) in [6, 6.07) is 12.0. The van der Waals surface area contributed by atoms with Crippen molar-refractivity contribution >= 4 is 48.5 Å². The molecule has 0 aliphatic rings. The van der Waals surface area contributed by atoms with Crippen LogP contribution in [0, 0.1) is 0 Å². The van der Waals surface area contributed by atoms with Crippen molar-refractivity contribution in [2.24, 2.45) is 0 Å². The maximum Gasteiger partial charge on any atom is 0.253 e. The van der Waals surface area contributed by atoms with Gasteiger partial charge in [0.1, 0.15) is 0 Å². The number of hydrogen-bond acceptors (Lipinski definition) is 1. The van der Waals surface area contributed by atoms with Gasteiger partial charge < -0.3 is 4.90 Å². The largest absolute Gasteiger partial charge is 0.338 e. The zero-order valence-corrected chi connectivity index (χ0v) is 15.3. The number of carbonyl (C=O) groups is 1. The number of rotatable bonds is 6. The average molecular weight is 413 g/mol. The van der Waals surface area contributed by atoms with E-state index in [9.17, 15) is 4.79 Å². The molecule has 2 nitrogen and oxygen atoms in total. The van der Waals surface area contributed by atoms with Gasteiger partial charge in [-0.2, -0.15) is 0 Å². The van der Waals surface area contributed by atoms with Crippen LogP contribution >= 0.6 is 31.9 Å². The van der Waals surface area contributed by atoms with E-state index in [0.29, 0.717) is 0 Å². The Bertz CT molecular complexity index is 627. The fourth-order valence-corrected chi connectivity index (χ4v) is 3.10. The molecule has 1 amide bonds. The molecule has 0 fully saturated rings. The highest BCUT2D eigenvalue weighted by Gasteiger charge is 2.15. The molecule has 4 heteroatoms. The van der Waals surface area contributed by atoms with Crippen LogP contribution in [0.3, 0.4) is 0 Å². The molecule has 0 saturated heterocycles. The number of halogens is 2. The first-order valence-corrected chi connectivity index (χ1v) is 9.11. The number of benzene rings is 2. The quantitative estimate of drug-likeness (QED) is 0.594. The van der Waals surface area contributed by atoms with Crippen molar-refractivity contribution < 1.29 is 4.79 Å². The minimum Gasteiger partial charge on any atom is -0.338 e. The molecule has 0 aromatic heterocycles. The Balaban J connectivity index is 2.26. The molecule has 21 heavy (non-hydrogen) atoms. The van der Waals surface area contributed by atoms with Crippen molar-refractivity contribution in [3.63, 3.8) is 0 Å². The van der Waals surface area contributed by atoms with Crippen LogP contribution in [0.4, 0.5) is 0 Å². The zero-order valence-electron chi connectivity index (χ0n) is 12.1. The first kappa shape index (κ1) is 16.5. The third kappa shape index (κ3) is 4.30. The SMILES string of the molecule is CCCCN(CCBr)C(=O)c1ccc2cc(Br)ccc2c1. The first-order valence-electron chi connectivity index (χ1n) is 7.20. The minimum absolute atomic E-state index is 0.118. The number of unbranched alkanes of at least 4 members (excludes halogenated alkanes) is 1. The molecule has 0 spiro atoms. The normalized spacial score (nSPS) is 10.8. The number of nitrogens with zero attached hydrogens (tertiary/aromatic N) is 1. The standard InChI is InChI=1S/C17H19Br2NO/c1-2-3-9-20(10-8-18)17(21)15-5-4-14-12-16(19)7-6-13(14)11-15/h4-7,11-12H,2-3,8-10H2,1H3. The number of fused-ring (bicyclic) bond motifs is 1.